The standard InChI is InChI=1S/C19H18B4ClN5O/c1-29-7-25-6-11(29)8-2-3-10-9(4-8)5-12(28-27-10)26-19(30)13-14(20)15(21)16(22)17(23)18(13)24/h2-7H,20-23H2,1H3,(H,26,28,30). The lowest BCUT2D eigenvalue weighted by Gasteiger charge is -2.17. The average molecular weight is 411 g/mol. The van der Waals surface area contributed by atoms with Crippen LogP contribution in [0.15, 0.2) is 36.8 Å². The largest absolute Gasteiger partial charge is 0.334 e. The molecule has 0 unspecified atom stereocenters. The molecule has 0 bridgehead atoms. The van der Waals surface area contributed by atoms with Crippen LogP contribution in [-0.4, -0.2) is 57.0 Å². The summed E-state index contributed by atoms with van der Waals surface area (Å²) in [6.45, 7) is 0. The van der Waals surface area contributed by atoms with Gasteiger partial charge in [0.05, 0.1) is 29.3 Å². The molecule has 0 aliphatic carbocycles. The lowest BCUT2D eigenvalue weighted by atomic mass is 9.65. The summed E-state index contributed by atoms with van der Waals surface area (Å²) in [7, 11) is 9.80. The van der Waals surface area contributed by atoms with Crippen molar-refractivity contribution in [3.05, 3.63) is 47.4 Å². The number of hydrogen-bond acceptors (Lipinski definition) is 4. The molecule has 2 aromatic heterocycles. The van der Waals surface area contributed by atoms with E-state index in [-0.39, 0.29) is 5.91 Å². The molecule has 0 saturated carbocycles. The molecule has 11 heteroatoms. The summed E-state index contributed by atoms with van der Waals surface area (Å²) in [5.74, 6) is 0.0844. The maximum Gasteiger partial charge on any atom is 0.257 e. The number of anilines is 1. The fourth-order valence-corrected chi connectivity index (χ4v) is 3.99. The topological polar surface area (TPSA) is 72.7 Å². The Labute approximate surface area is 183 Å². The quantitative estimate of drug-likeness (QED) is 0.365. The third kappa shape index (κ3) is 3.41. The monoisotopic (exact) mass is 411 g/mol. The summed E-state index contributed by atoms with van der Waals surface area (Å²) < 4.78 is 1.95. The van der Waals surface area contributed by atoms with E-state index in [2.05, 4.69) is 20.5 Å². The number of aromatic nitrogens is 4. The van der Waals surface area contributed by atoms with E-state index in [1.165, 1.54) is 0 Å². The van der Waals surface area contributed by atoms with Gasteiger partial charge in [-0.05, 0) is 18.2 Å². The molecule has 2 aromatic carbocycles. The molecule has 0 fully saturated rings. The average Bonchev–Trinajstić information content (AvgIpc) is 3.16. The van der Waals surface area contributed by atoms with Gasteiger partial charge in [0.25, 0.3) is 5.91 Å². The van der Waals surface area contributed by atoms with Crippen LogP contribution < -0.4 is 27.2 Å². The second-order valence-electron chi connectivity index (χ2n) is 7.54. The number of nitrogens with one attached hydrogen (secondary N) is 1. The minimum absolute atomic E-state index is 0.292. The highest BCUT2D eigenvalue weighted by Gasteiger charge is 2.19. The number of imidazole rings is 1. The van der Waals surface area contributed by atoms with Crippen molar-refractivity contribution >= 4 is 87.5 Å². The van der Waals surface area contributed by atoms with Gasteiger partial charge in [0.1, 0.15) is 31.4 Å². The number of benzene rings is 2. The van der Waals surface area contributed by atoms with Crippen LogP contribution in [0.25, 0.3) is 22.2 Å². The van der Waals surface area contributed by atoms with E-state index in [4.69, 9.17) is 11.6 Å². The SMILES string of the molecule is Bc1c(B)c(B)c(C(=O)Nc2cc3cc(-c4cncn4C)ccc3nn2)c(Cl)c1B. The first-order chi connectivity index (χ1) is 14.3. The highest BCUT2D eigenvalue weighted by Crippen LogP contribution is 2.24. The summed E-state index contributed by atoms with van der Waals surface area (Å²) in [5.41, 5.74) is 7.17. The van der Waals surface area contributed by atoms with Crippen molar-refractivity contribution in [2.24, 2.45) is 7.05 Å². The lowest BCUT2D eigenvalue weighted by Crippen LogP contribution is -2.50. The smallest absolute Gasteiger partial charge is 0.257 e. The number of hydrogen-bond donors (Lipinski definition) is 1. The molecule has 6 nitrogen and oxygen atoms in total. The molecule has 0 spiro atoms. The highest BCUT2D eigenvalue weighted by molar-refractivity contribution is 6.66. The number of halogens is 1. The molecular formula is C19H18B4ClN5O. The molecule has 0 radical (unpaired) electrons. The van der Waals surface area contributed by atoms with E-state index in [1.807, 2.05) is 73.5 Å². The van der Waals surface area contributed by atoms with Crippen molar-refractivity contribution in [3.8, 4) is 11.3 Å². The van der Waals surface area contributed by atoms with Crippen LogP contribution >= 0.6 is 11.6 Å². The minimum atomic E-state index is -0.292. The van der Waals surface area contributed by atoms with Crippen LogP contribution in [0.5, 0.6) is 0 Å². The second kappa shape index (κ2) is 7.69. The number of fused-ring (bicyclic) bond motifs is 1. The highest BCUT2D eigenvalue weighted by atomic mass is 35.5. The van der Waals surface area contributed by atoms with Crippen LogP contribution in [0.3, 0.4) is 0 Å². The molecule has 1 amide bonds. The van der Waals surface area contributed by atoms with E-state index in [0.29, 0.717) is 16.4 Å². The van der Waals surface area contributed by atoms with E-state index in [0.717, 1.165) is 44.0 Å². The molecule has 4 aromatic rings. The van der Waals surface area contributed by atoms with Crippen LogP contribution in [0.4, 0.5) is 5.82 Å². The van der Waals surface area contributed by atoms with Gasteiger partial charge in [0.2, 0.25) is 0 Å². The number of carbonyl (C=O) groups is 1. The maximum absolute atomic E-state index is 13.0. The third-order valence-corrected chi connectivity index (χ3v) is 6.25. The Balaban J connectivity index is 1.71. The number of nitrogens with zero attached hydrogens (tertiary/aromatic N) is 4. The first kappa shape index (κ1) is 20.3. The summed E-state index contributed by atoms with van der Waals surface area (Å²) in [5, 5.41) is 12.6. The summed E-state index contributed by atoms with van der Waals surface area (Å²) in [6, 6.07) is 7.71. The Hall–Kier alpha value is -2.99. The molecule has 0 atom stereocenters. The van der Waals surface area contributed by atoms with Crippen molar-refractivity contribution in [2.45, 2.75) is 0 Å². The van der Waals surface area contributed by atoms with Crippen molar-refractivity contribution < 1.29 is 4.79 Å². The zero-order valence-electron chi connectivity index (χ0n) is 17.5. The van der Waals surface area contributed by atoms with Gasteiger partial charge < -0.3 is 9.88 Å². The molecule has 0 aliphatic rings. The first-order valence-corrected chi connectivity index (χ1v) is 9.97. The van der Waals surface area contributed by atoms with E-state index >= 15 is 0 Å². The number of amides is 1. The molecule has 1 N–H and O–H groups in total. The van der Waals surface area contributed by atoms with E-state index in [1.54, 1.807) is 6.33 Å². The predicted molar refractivity (Wildman–Crippen MR) is 134 cm³/mol. The molecule has 0 saturated heterocycles. The van der Waals surface area contributed by atoms with Gasteiger partial charge in [-0.2, -0.15) is 0 Å². The van der Waals surface area contributed by atoms with Gasteiger partial charge in [0, 0.05) is 23.0 Å². The Kier molecular flexibility index (Phi) is 5.20. The summed E-state index contributed by atoms with van der Waals surface area (Å²) >= 11 is 6.52. The maximum atomic E-state index is 13.0. The zero-order valence-corrected chi connectivity index (χ0v) is 18.3. The van der Waals surface area contributed by atoms with Gasteiger partial charge in [-0.15, -0.1) is 21.1 Å². The molecule has 30 heavy (non-hydrogen) atoms. The Morgan fingerprint density at radius 3 is 2.47 bits per heavy atom. The molecular weight excluding hydrogens is 393 g/mol. The fourth-order valence-electron chi connectivity index (χ4n) is 3.62. The summed E-state index contributed by atoms with van der Waals surface area (Å²) in [4.78, 5) is 17.2. The van der Waals surface area contributed by atoms with Crippen molar-refractivity contribution in [3.63, 3.8) is 0 Å². The summed E-state index contributed by atoms with van der Waals surface area (Å²) in [6.07, 6.45) is 3.57. The Morgan fingerprint density at radius 1 is 1.03 bits per heavy atom. The van der Waals surface area contributed by atoms with Gasteiger partial charge in [-0.25, -0.2) is 4.98 Å². The minimum Gasteiger partial charge on any atom is -0.334 e. The predicted octanol–water partition coefficient (Wildman–Crippen LogP) is -3.03. The van der Waals surface area contributed by atoms with Crippen molar-refractivity contribution in [1.82, 2.24) is 19.7 Å². The third-order valence-electron chi connectivity index (χ3n) is 5.78. The van der Waals surface area contributed by atoms with Crippen molar-refractivity contribution in [1.29, 1.82) is 0 Å². The van der Waals surface area contributed by atoms with Crippen LogP contribution in [0.1, 0.15) is 10.4 Å². The van der Waals surface area contributed by atoms with Crippen LogP contribution in [-0.2, 0) is 7.05 Å². The number of carbonyl (C=O) groups excluding carboxylic acids is 1. The molecule has 144 valence electrons. The van der Waals surface area contributed by atoms with Crippen LogP contribution in [0, 0.1) is 0 Å². The number of rotatable bonds is 3. The Bertz CT molecular complexity index is 1300. The van der Waals surface area contributed by atoms with Gasteiger partial charge in [-0.1, -0.05) is 28.6 Å². The van der Waals surface area contributed by atoms with Gasteiger partial charge in [-0.3, -0.25) is 4.79 Å². The zero-order chi connectivity index (χ0) is 21.6. The first-order valence-electron chi connectivity index (χ1n) is 9.59. The lowest BCUT2D eigenvalue weighted by molar-refractivity contribution is 0.102. The number of aryl methyl sites for hydroxylation is 1. The molecule has 0 aliphatic heterocycles. The van der Waals surface area contributed by atoms with E-state index < -0.39 is 0 Å². The normalized spacial score (nSPS) is 11.0. The molecule has 4 rings (SSSR count). The van der Waals surface area contributed by atoms with Gasteiger partial charge in [0.15, 0.2) is 5.82 Å². The second-order valence-corrected chi connectivity index (χ2v) is 7.91. The van der Waals surface area contributed by atoms with Crippen molar-refractivity contribution in [2.75, 3.05) is 5.32 Å². The van der Waals surface area contributed by atoms with Gasteiger partial charge >= 0.3 is 0 Å². The fraction of sp³-hybridized carbons (Fsp3) is 0.0526. The van der Waals surface area contributed by atoms with Crippen LogP contribution in [0.2, 0.25) is 5.02 Å². The van der Waals surface area contributed by atoms with E-state index in [9.17, 15) is 4.79 Å². The molecule has 2 heterocycles. The Morgan fingerprint density at radius 2 is 1.77 bits per heavy atom.